The van der Waals surface area contributed by atoms with Gasteiger partial charge < -0.3 is 24.4 Å². The number of carbonyl (C=O) groups excluding carboxylic acids is 2. The van der Waals surface area contributed by atoms with E-state index in [2.05, 4.69) is 16.3 Å². The molecule has 0 bridgehead atoms. The number of nitrogens with one attached hydrogen (secondary N) is 1. The van der Waals surface area contributed by atoms with E-state index in [9.17, 15) is 9.59 Å². The van der Waals surface area contributed by atoms with Gasteiger partial charge in [0.05, 0.1) is 24.0 Å². The van der Waals surface area contributed by atoms with Crippen molar-refractivity contribution in [2.75, 3.05) is 43.5 Å². The average Bonchev–Trinajstić information content (AvgIpc) is 3.17. The average molecular weight is 406 g/mol. The molecular weight excluding hydrogens is 380 g/mol. The first kappa shape index (κ1) is 19.8. The van der Waals surface area contributed by atoms with Gasteiger partial charge in [-0.2, -0.15) is 0 Å². The van der Waals surface area contributed by atoms with Crippen LogP contribution in [-0.4, -0.2) is 54.6 Å². The molecule has 1 saturated heterocycles. The molecule has 7 heteroatoms. The summed E-state index contributed by atoms with van der Waals surface area (Å²) in [6, 6.07) is 15.6. The summed E-state index contributed by atoms with van der Waals surface area (Å²) < 4.78 is 7.41. The normalized spacial score (nSPS) is 14.1. The van der Waals surface area contributed by atoms with Crippen LogP contribution < -0.4 is 15.0 Å². The number of hydrogen-bond donors (Lipinski definition) is 1. The summed E-state index contributed by atoms with van der Waals surface area (Å²) in [6.45, 7) is 4.66. The second-order valence-electron chi connectivity index (χ2n) is 7.40. The Hall–Kier alpha value is -3.48. The van der Waals surface area contributed by atoms with Crippen molar-refractivity contribution in [3.63, 3.8) is 0 Å². The molecule has 1 fully saturated rings. The quantitative estimate of drug-likeness (QED) is 0.708. The molecule has 2 heterocycles. The van der Waals surface area contributed by atoms with Gasteiger partial charge in [-0.3, -0.25) is 9.59 Å². The van der Waals surface area contributed by atoms with Gasteiger partial charge >= 0.3 is 0 Å². The molecule has 156 valence electrons. The van der Waals surface area contributed by atoms with Gasteiger partial charge in [-0.15, -0.1) is 0 Å². The smallest absolute Gasteiger partial charge is 0.242 e. The Morgan fingerprint density at radius 3 is 2.50 bits per heavy atom. The van der Waals surface area contributed by atoms with Crippen LogP contribution in [0.5, 0.6) is 5.75 Å². The molecule has 30 heavy (non-hydrogen) atoms. The number of para-hydroxylation sites is 2. The Labute approximate surface area is 175 Å². The Morgan fingerprint density at radius 2 is 1.77 bits per heavy atom. The number of methoxy groups -OCH3 is 1. The monoisotopic (exact) mass is 406 g/mol. The zero-order chi connectivity index (χ0) is 21.1. The summed E-state index contributed by atoms with van der Waals surface area (Å²) >= 11 is 0. The molecule has 1 aromatic heterocycles. The summed E-state index contributed by atoms with van der Waals surface area (Å²) in [5.74, 6) is 0.836. The number of piperazine rings is 1. The topological polar surface area (TPSA) is 66.8 Å². The third-order valence-corrected chi connectivity index (χ3v) is 5.49. The standard InChI is InChI=1S/C23H26N4O3/c1-17(28)24-19-6-5-8-20-18(19)10-11-27(20)16-23(29)26-14-12-25(13-15-26)21-7-3-4-9-22(21)30-2/h3-11H,12-16H2,1-2H3,(H,24,28). The lowest BCUT2D eigenvalue weighted by atomic mass is 10.2. The minimum Gasteiger partial charge on any atom is -0.495 e. The second-order valence-corrected chi connectivity index (χ2v) is 7.40. The molecule has 4 rings (SSSR count). The largest absolute Gasteiger partial charge is 0.495 e. The van der Waals surface area contributed by atoms with Crippen LogP contribution in [0, 0.1) is 0 Å². The number of benzene rings is 2. The number of aromatic nitrogens is 1. The van der Waals surface area contributed by atoms with E-state index in [0.29, 0.717) is 13.1 Å². The minimum atomic E-state index is -0.112. The van der Waals surface area contributed by atoms with E-state index < -0.39 is 0 Å². The fourth-order valence-electron chi connectivity index (χ4n) is 3.99. The van der Waals surface area contributed by atoms with Gasteiger partial charge in [-0.05, 0) is 30.3 Å². The zero-order valence-electron chi connectivity index (χ0n) is 17.3. The number of hydrogen-bond acceptors (Lipinski definition) is 4. The lowest BCUT2D eigenvalue weighted by molar-refractivity contribution is -0.132. The summed E-state index contributed by atoms with van der Waals surface area (Å²) in [7, 11) is 1.68. The Kier molecular flexibility index (Phi) is 5.61. The van der Waals surface area contributed by atoms with Gasteiger partial charge in [-0.1, -0.05) is 18.2 Å². The maximum atomic E-state index is 12.9. The first-order valence-corrected chi connectivity index (χ1v) is 10.1. The van der Waals surface area contributed by atoms with Crippen molar-refractivity contribution in [2.45, 2.75) is 13.5 Å². The fraction of sp³-hybridized carbons (Fsp3) is 0.304. The molecule has 2 amide bonds. The van der Waals surface area contributed by atoms with Gasteiger partial charge in [0, 0.05) is 44.7 Å². The molecular formula is C23H26N4O3. The Morgan fingerprint density at radius 1 is 1.00 bits per heavy atom. The molecule has 0 atom stereocenters. The number of ether oxygens (including phenoxy) is 1. The predicted molar refractivity (Wildman–Crippen MR) is 118 cm³/mol. The van der Waals surface area contributed by atoms with Crippen molar-refractivity contribution in [1.82, 2.24) is 9.47 Å². The van der Waals surface area contributed by atoms with Gasteiger partial charge in [0.1, 0.15) is 12.3 Å². The van der Waals surface area contributed by atoms with E-state index in [1.165, 1.54) is 6.92 Å². The predicted octanol–water partition coefficient (Wildman–Crippen LogP) is 2.96. The highest BCUT2D eigenvalue weighted by Gasteiger charge is 2.23. The molecule has 1 aliphatic rings. The van der Waals surface area contributed by atoms with Crippen LogP contribution in [0.4, 0.5) is 11.4 Å². The van der Waals surface area contributed by atoms with Crippen LogP contribution in [0.25, 0.3) is 10.9 Å². The maximum Gasteiger partial charge on any atom is 0.242 e. The van der Waals surface area contributed by atoms with Crippen LogP contribution in [0.2, 0.25) is 0 Å². The highest BCUT2D eigenvalue weighted by molar-refractivity contribution is 6.01. The van der Waals surface area contributed by atoms with Gasteiger partial charge in [0.15, 0.2) is 0 Å². The highest BCUT2D eigenvalue weighted by Crippen LogP contribution is 2.28. The van der Waals surface area contributed by atoms with Crippen LogP contribution in [0.1, 0.15) is 6.92 Å². The van der Waals surface area contributed by atoms with E-state index in [1.807, 2.05) is 58.1 Å². The van der Waals surface area contributed by atoms with Gasteiger partial charge in [0.2, 0.25) is 11.8 Å². The van der Waals surface area contributed by atoms with E-state index in [1.54, 1.807) is 7.11 Å². The molecule has 7 nitrogen and oxygen atoms in total. The van der Waals surface area contributed by atoms with E-state index in [4.69, 9.17) is 4.74 Å². The number of amides is 2. The van der Waals surface area contributed by atoms with E-state index in [-0.39, 0.29) is 18.4 Å². The molecule has 1 aliphatic heterocycles. The molecule has 1 N–H and O–H groups in total. The summed E-state index contributed by atoms with van der Waals surface area (Å²) in [5, 5.41) is 3.78. The molecule has 0 saturated carbocycles. The van der Waals surface area contributed by atoms with Crippen molar-refractivity contribution in [3.8, 4) is 5.75 Å². The van der Waals surface area contributed by atoms with Crippen molar-refractivity contribution >= 4 is 34.1 Å². The number of anilines is 2. The number of carbonyl (C=O) groups is 2. The number of rotatable bonds is 5. The van der Waals surface area contributed by atoms with Crippen LogP contribution in [0.3, 0.4) is 0 Å². The number of nitrogens with zero attached hydrogens (tertiary/aromatic N) is 3. The summed E-state index contributed by atoms with van der Waals surface area (Å²) in [5.41, 5.74) is 2.76. The zero-order valence-corrected chi connectivity index (χ0v) is 17.3. The summed E-state index contributed by atoms with van der Waals surface area (Å²) in [4.78, 5) is 28.5. The molecule has 0 radical (unpaired) electrons. The summed E-state index contributed by atoms with van der Waals surface area (Å²) in [6.07, 6.45) is 1.90. The molecule has 3 aromatic rings. The first-order chi connectivity index (χ1) is 14.6. The van der Waals surface area contributed by atoms with E-state index >= 15 is 0 Å². The Balaban J connectivity index is 1.43. The first-order valence-electron chi connectivity index (χ1n) is 10.1. The Bertz CT molecular complexity index is 1070. The fourth-order valence-corrected chi connectivity index (χ4v) is 3.99. The molecule has 2 aromatic carbocycles. The molecule has 0 spiro atoms. The van der Waals surface area contributed by atoms with Crippen molar-refractivity contribution in [3.05, 3.63) is 54.7 Å². The second kappa shape index (κ2) is 8.49. The minimum absolute atomic E-state index is 0.0945. The van der Waals surface area contributed by atoms with Crippen LogP contribution in [-0.2, 0) is 16.1 Å². The van der Waals surface area contributed by atoms with Gasteiger partial charge in [0.25, 0.3) is 0 Å². The maximum absolute atomic E-state index is 12.9. The number of fused-ring (bicyclic) bond motifs is 1. The molecule has 0 unspecified atom stereocenters. The van der Waals surface area contributed by atoms with Crippen LogP contribution in [0.15, 0.2) is 54.7 Å². The third-order valence-electron chi connectivity index (χ3n) is 5.49. The lowest BCUT2D eigenvalue weighted by Gasteiger charge is -2.36. The van der Waals surface area contributed by atoms with Crippen molar-refractivity contribution in [1.29, 1.82) is 0 Å². The van der Waals surface area contributed by atoms with Crippen molar-refractivity contribution in [2.24, 2.45) is 0 Å². The SMILES string of the molecule is COc1ccccc1N1CCN(C(=O)Cn2ccc3c(NC(C)=O)cccc32)CC1. The van der Waals surface area contributed by atoms with Crippen LogP contribution >= 0.6 is 0 Å². The van der Waals surface area contributed by atoms with E-state index in [0.717, 1.165) is 41.1 Å². The lowest BCUT2D eigenvalue weighted by Crippen LogP contribution is -2.49. The third kappa shape index (κ3) is 3.96. The van der Waals surface area contributed by atoms with Gasteiger partial charge in [-0.25, -0.2) is 0 Å². The van der Waals surface area contributed by atoms with Crippen molar-refractivity contribution < 1.29 is 14.3 Å². The molecule has 0 aliphatic carbocycles. The highest BCUT2D eigenvalue weighted by atomic mass is 16.5.